The van der Waals surface area contributed by atoms with Crippen LogP contribution in [0, 0.1) is 0 Å². The molecular formula is C18H15ClN4O2. The molecule has 1 aromatic heterocycles. The van der Waals surface area contributed by atoms with Gasteiger partial charge in [-0.1, -0.05) is 29.8 Å². The van der Waals surface area contributed by atoms with Gasteiger partial charge < -0.3 is 21.5 Å². The molecule has 3 rings (SSSR count). The third-order valence-corrected chi connectivity index (χ3v) is 3.69. The van der Waals surface area contributed by atoms with Crippen molar-refractivity contribution < 1.29 is 9.53 Å². The van der Waals surface area contributed by atoms with Gasteiger partial charge in [-0.05, 0) is 36.4 Å². The fraction of sp³-hybridized carbons (Fsp3) is 0. The van der Waals surface area contributed by atoms with Crippen molar-refractivity contribution >= 4 is 34.7 Å². The highest BCUT2D eigenvalue weighted by atomic mass is 35.5. The van der Waals surface area contributed by atoms with Gasteiger partial charge in [0.05, 0.1) is 6.20 Å². The number of benzene rings is 2. The van der Waals surface area contributed by atoms with E-state index in [2.05, 4.69) is 10.3 Å². The zero-order valence-corrected chi connectivity index (χ0v) is 13.8. The van der Waals surface area contributed by atoms with Gasteiger partial charge in [0.1, 0.15) is 16.5 Å². The van der Waals surface area contributed by atoms with Gasteiger partial charge in [-0.25, -0.2) is 4.98 Å². The van der Waals surface area contributed by atoms with Crippen LogP contribution in [-0.4, -0.2) is 10.9 Å². The second kappa shape index (κ2) is 7.11. The quantitative estimate of drug-likeness (QED) is 0.658. The highest BCUT2D eigenvalue weighted by molar-refractivity contribution is 6.32. The molecule has 3 aromatic rings. The van der Waals surface area contributed by atoms with Crippen molar-refractivity contribution in [3.05, 3.63) is 71.4 Å². The first-order chi connectivity index (χ1) is 12.0. The molecule has 0 aliphatic carbocycles. The number of nitrogens with two attached hydrogens (primary N) is 2. The number of nitrogens with one attached hydrogen (secondary N) is 1. The Labute approximate surface area is 149 Å². The molecule has 0 aliphatic heterocycles. The van der Waals surface area contributed by atoms with Crippen LogP contribution in [0.2, 0.25) is 5.02 Å². The summed E-state index contributed by atoms with van der Waals surface area (Å²) < 4.78 is 5.67. The van der Waals surface area contributed by atoms with E-state index in [1.165, 1.54) is 6.20 Å². The van der Waals surface area contributed by atoms with E-state index >= 15 is 0 Å². The van der Waals surface area contributed by atoms with Crippen LogP contribution in [0.5, 0.6) is 11.5 Å². The van der Waals surface area contributed by atoms with E-state index in [0.29, 0.717) is 11.3 Å². The molecular weight excluding hydrogens is 340 g/mol. The fourth-order valence-electron chi connectivity index (χ4n) is 2.12. The summed E-state index contributed by atoms with van der Waals surface area (Å²) in [6, 6.07) is 15.8. The van der Waals surface area contributed by atoms with E-state index in [1.807, 2.05) is 30.3 Å². The van der Waals surface area contributed by atoms with Crippen LogP contribution in [0.4, 0.5) is 17.2 Å². The molecule has 1 heterocycles. The second-order valence-corrected chi connectivity index (χ2v) is 5.59. The molecule has 2 aromatic carbocycles. The third-order valence-electron chi connectivity index (χ3n) is 3.42. The number of para-hydroxylation sites is 1. The summed E-state index contributed by atoms with van der Waals surface area (Å²) in [6.45, 7) is 0. The summed E-state index contributed by atoms with van der Waals surface area (Å²) >= 11 is 6.04. The molecule has 6 nitrogen and oxygen atoms in total. The van der Waals surface area contributed by atoms with E-state index in [-0.39, 0.29) is 28.2 Å². The number of nitrogens with zero attached hydrogens (tertiary/aromatic N) is 1. The Morgan fingerprint density at radius 1 is 1.04 bits per heavy atom. The lowest BCUT2D eigenvalue weighted by Gasteiger charge is -2.11. The smallest absolute Gasteiger partial charge is 0.255 e. The molecule has 0 aliphatic rings. The Hall–Kier alpha value is -3.25. The van der Waals surface area contributed by atoms with Crippen molar-refractivity contribution in [1.29, 1.82) is 0 Å². The maximum absolute atomic E-state index is 12.2. The lowest BCUT2D eigenvalue weighted by atomic mass is 10.2. The predicted molar refractivity (Wildman–Crippen MR) is 99.0 cm³/mol. The molecule has 0 spiro atoms. The Morgan fingerprint density at radius 3 is 2.40 bits per heavy atom. The van der Waals surface area contributed by atoms with Crippen molar-refractivity contribution in [2.24, 2.45) is 0 Å². The molecule has 0 saturated heterocycles. The van der Waals surface area contributed by atoms with E-state index in [1.54, 1.807) is 24.3 Å². The number of amides is 1. The molecule has 0 bridgehead atoms. The normalized spacial score (nSPS) is 10.3. The number of ether oxygens (including phenoxy) is 1. The average Bonchev–Trinajstić information content (AvgIpc) is 2.63. The SMILES string of the molecule is Nc1ncc(Cl)c(Oc2ccc(C(=O)Nc3ccccc3)cc2)c1N. The molecule has 1 amide bonds. The van der Waals surface area contributed by atoms with E-state index in [0.717, 1.165) is 5.69 Å². The van der Waals surface area contributed by atoms with Gasteiger partial charge in [0, 0.05) is 11.3 Å². The minimum Gasteiger partial charge on any atom is -0.453 e. The number of carbonyl (C=O) groups is 1. The van der Waals surface area contributed by atoms with Crippen LogP contribution in [0.1, 0.15) is 10.4 Å². The Morgan fingerprint density at radius 2 is 1.72 bits per heavy atom. The first kappa shape index (κ1) is 16.6. The molecule has 0 unspecified atom stereocenters. The largest absolute Gasteiger partial charge is 0.453 e. The molecule has 0 atom stereocenters. The van der Waals surface area contributed by atoms with Gasteiger partial charge in [-0.15, -0.1) is 0 Å². The summed E-state index contributed by atoms with van der Waals surface area (Å²) in [5.74, 6) is 0.618. The van der Waals surface area contributed by atoms with Crippen molar-refractivity contribution in [3.63, 3.8) is 0 Å². The summed E-state index contributed by atoms with van der Waals surface area (Å²) in [5, 5.41) is 3.06. The highest BCUT2D eigenvalue weighted by Gasteiger charge is 2.12. The van der Waals surface area contributed by atoms with E-state index in [4.69, 9.17) is 27.8 Å². The molecule has 0 radical (unpaired) electrons. The van der Waals surface area contributed by atoms with Gasteiger partial charge in [0.2, 0.25) is 0 Å². The minimum absolute atomic E-state index is 0.137. The zero-order chi connectivity index (χ0) is 17.8. The number of hydrogen-bond acceptors (Lipinski definition) is 5. The third kappa shape index (κ3) is 3.81. The van der Waals surface area contributed by atoms with Crippen LogP contribution in [0.3, 0.4) is 0 Å². The predicted octanol–water partition coefficient (Wildman–Crippen LogP) is 3.94. The van der Waals surface area contributed by atoms with Crippen molar-refractivity contribution in [2.45, 2.75) is 0 Å². The monoisotopic (exact) mass is 354 g/mol. The molecule has 0 saturated carbocycles. The van der Waals surface area contributed by atoms with Crippen molar-refractivity contribution in [2.75, 3.05) is 16.8 Å². The topological polar surface area (TPSA) is 103 Å². The number of halogens is 1. The number of hydrogen-bond donors (Lipinski definition) is 3. The highest BCUT2D eigenvalue weighted by Crippen LogP contribution is 2.36. The van der Waals surface area contributed by atoms with Crippen LogP contribution in [-0.2, 0) is 0 Å². The first-order valence-corrected chi connectivity index (χ1v) is 7.76. The van der Waals surface area contributed by atoms with Crippen LogP contribution < -0.4 is 21.5 Å². The fourth-order valence-corrected chi connectivity index (χ4v) is 2.31. The van der Waals surface area contributed by atoms with E-state index < -0.39 is 0 Å². The number of aromatic nitrogens is 1. The van der Waals surface area contributed by atoms with Gasteiger partial charge >= 0.3 is 0 Å². The van der Waals surface area contributed by atoms with Crippen LogP contribution >= 0.6 is 11.6 Å². The average molecular weight is 355 g/mol. The first-order valence-electron chi connectivity index (χ1n) is 7.38. The lowest BCUT2D eigenvalue weighted by molar-refractivity contribution is 0.102. The Bertz CT molecular complexity index is 899. The van der Waals surface area contributed by atoms with Crippen molar-refractivity contribution in [1.82, 2.24) is 4.98 Å². The van der Waals surface area contributed by atoms with Gasteiger partial charge in [-0.2, -0.15) is 0 Å². The summed E-state index contributed by atoms with van der Waals surface area (Å²) in [4.78, 5) is 16.1. The number of rotatable bonds is 4. The molecule has 0 fully saturated rings. The molecule has 5 N–H and O–H groups in total. The summed E-state index contributed by atoms with van der Waals surface area (Å²) in [6.07, 6.45) is 1.37. The van der Waals surface area contributed by atoms with Crippen molar-refractivity contribution in [3.8, 4) is 11.5 Å². The number of pyridine rings is 1. The van der Waals surface area contributed by atoms with Gasteiger partial charge in [0.15, 0.2) is 11.6 Å². The number of carbonyl (C=O) groups excluding carboxylic acids is 1. The van der Waals surface area contributed by atoms with Crippen LogP contribution in [0.25, 0.3) is 0 Å². The van der Waals surface area contributed by atoms with Crippen LogP contribution in [0.15, 0.2) is 60.8 Å². The number of anilines is 3. The van der Waals surface area contributed by atoms with Gasteiger partial charge in [0.25, 0.3) is 5.91 Å². The second-order valence-electron chi connectivity index (χ2n) is 5.18. The minimum atomic E-state index is -0.219. The summed E-state index contributed by atoms with van der Waals surface area (Å²) in [5.41, 5.74) is 12.9. The zero-order valence-electron chi connectivity index (χ0n) is 13.1. The van der Waals surface area contributed by atoms with E-state index in [9.17, 15) is 4.79 Å². The standard InChI is InChI=1S/C18H15ClN4O2/c19-14-10-22-17(21)15(20)16(14)25-13-8-6-11(7-9-13)18(24)23-12-4-2-1-3-5-12/h1-10H,20H2,(H2,21,22)(H,23,24). The Balaban J connectivity index is 1.75. The molecule has 7 heteroatoms. The lowest BCUT2D eigenvalue weighted by Crippen LogP contribution is -2.11. The Kier molecular flexibility index (Phi) is 4.72. The summed E-state index contributed by atoms with van der Waals surface area (Å²) in [7, 11) is 0. The maximum atomic E-state index is 12.2. The number of nitrogen functional groups attached to an aromatic ring is 2. The maximum Gasteiger partial charge on any atom is 0.255 e. The molecule has 25 heavy (non-hydrogen) atoms. The van der Waals surface area contributed by atoms with Gasteiger partial charge in [-0.3, -0.25) is 4.79 Å². The molecule has 126 valence electrons.